The third-order valence-corrected chi connectivity index (χ3v) is 2.40. The molecule has 0 unspecified atom stereocenters. The van der Waals surface area contributed by atoms with Crippen molar-refractivity contribution in [2.24, 2.45) is 7.05 Å². The molecule has 0 saturated carbocycles. The highest BCUT2D eigenvalue weighted by Gasteiger charge is 2.20. The maximum absolute atomic E-state index is 12.3. The fraction of sp³-hybridized carbons (Fsp3) is 0.700. The van der Waals surface area contributed by atoms with Gasteiger partial charge in [0.2, 0.25) is 0 Å². The molecule has 0 aliphatic rings. The molecule has 2 N–H and O–H groups in total. The molecular weight excluding hydrogens is 214 g/mol. The normalized spacial score (nSPS) is 11.5. The average Bonchev–Trinajstić information content (AvgIpc) is 2.40. The zero-order valence-electron chi connectivity index (χ0n) is 10.0. The number of halogens is 2. The van der Waals surface area contributed by atoms with Gasteiger partial charge in [-0.25, -0.2) is 8.78 Å². The van der Waals surface area contributed by atoms with Crippen LogP contribution in [0.15, 0.2) is 0 Å². The van der Waals surface area contributed by atoms with Gasteiger partial charge in [0, 0.05) is 14.1 Å². The van der Waals surface area contributed by atoms with E-state index in [1.54, 1.807) is 18.8 Å². The summed E-state index contributed by atoms with van der Waals surface area (Å²) >= 11 is 0. The quantitative estimate of drug-likeness (QED) is 0.861. The van der Waals surface area contributed by atoms with Crippen LogP contribution in [0.3, 0.4) is 0 Å². The van der Waals surface area contributed by atoms with Crippen molar-refractivity contribution in [1.29, 1.82) is 0 Å². The lowest BCUT2D eigenvalue weighted by Gasteiger charge is -2.19. The molecule has 0 aliphatic carbocycles. The smallest absolute Gasteiger partial charge is 0.255 e. The minimum Gasteiger partial charge on any atom is -0.394 e. The first-order valence-corrected chi connectivity index (χ1v) is 5.16. The molecule has 16 heavy (non-hydrogen) atoms. The van der Waals surface area contributed by atoms with E-state index in [1.807, 2.05) is 13.8 Å². The van der Waals surface area contributed by atoms with Crippen molar-refractivity contribution in [3.8, 4) is 0 Å². The van der Waals surface area contributed by atoms with Crippen molar-refractivity contribution in [3.63, 3.8) is 0 Å². The summed E-state index contributed by atoms with van der Waals surface area (Å²) in [6.45, 7) is 3.59. The van der Waals surface area contributed by atoms with E-state index in [1.165, 1.54) is 4.90 Å². The maximum atomic E-state index is 12.3. The molecule has 1 aromatic heterocycles. The number of alkyl halides is 2. The van der Waals surface area contributed by atoms with Gasteiger partial charge in [-0.2, -0.15) is 5.10 Å². The van der Waals surface area contributed by atoms with Crippen LogP contribution >= 0.6 is 0 Å². The van der Waals surface area contributed by atoms with Crippen molar-refractivity contribution in [2.45, 2.75) is 26.2 Å². The lowest BCUT2D eigenvalue weighted by Crippen LogP contribution is -2.26. The summed E-state index contributed by atoms with van der Waals surface area (Å²) in [4.78, 5) is 1.43. The molecule has 4 nitrogen and oxygen atoms in total. The van der Waals surface area contributed by atoms with Gasteiger partial charge in [-0.1, -0.05) is 13.8 Å². The number of nitrogens with zero attached hydrogens (tertiary/aromatic N) is 3. The highest BCUT2D eigenvalue weighted by atomic mass is 19.3. The molecule has 6 heteroatoms. The van der Waals surface area contributed by atoms with Crippen LogP contribution in [0.2, 0.25) is 0 Å². The molecular formula is C10H18F2N4. The van der Waals surface area contributed by atoms with E-state index in [4.69, 9.17) is 5.73 Å². The SMILES string of the molecule is CC(C)c1nn(C)c(N(C)CC(F)F)c1N. The lowest BCUT2D eigenvalue weighted by molar-refractivity contribution is 0.156. The van der Waals surface area contributed by atoms with Crippen molar-refractivity contribution < 1.29 is 8.78 Å². The van der Waals surface area contributed by atoms with Crippen LogP contribution in [0.5, 0.6) is 0 Å². The Labute approximate surface area is 94.0 Å². The van der Waals surface area contributed by atoms with E-state index in [9.17, 15) is 8.78 Å². The molecule has 1 rings (SSSR count). The van der Waals surface area contributed by atoms with Gasteiger partial charge in [-0.15, -0.1) is 0 Å². The van der Waals surface area contributed by atoms with Crippen LogP contribution in [0.1, 0.15) is 25.5 Å². The molecule has 1 heterocycles. The zero-order chi connectivity index (χ0) is 12.5. The van der Waals surface area contributed by atoms with Gasteiger partial charge < -0.3 is 10.6 Å². The summed E-state index contributed by atoms with van der Waals surface area (Å²) in [6, 6.07) is 0. The van der Waals surface area contributed by atoms with E-state index >= 15 is 0 Å². The summed E-state index contributed by atoms with van der Waals surface area (Å²) < 4.78 is 26.1. The Morgan fingerprint density at radius 1 is 1.44 bits per heavy atom. The largest absolute Gasteiger partial charge is 0.394 e. The Balaban J connectivity index is 3.04. The minimum atomic E-state index is -2.39. The van der Waals surface area contributed by atoms with E-state index < -0.39 is 6.43 Å². The van der Waals surface area contributed by atoms with Crippen LogP contribution in [0.4, 0.5) is 20.3 Å². The molecule has 1 aromatic rings. The van der Waals surface area contributed by atoms with E-state index in [0.717, 1.165) is 5.69 Å². The van der Waals surface area contributed by atoms with Crippen molar-refractivity contribution >= 4 is 11.5 Å². The standard InChI is InChI=1S/C10H18F2N4/c1-6(2)9-8(13)10(16(4)14-9)15(3)5-7(11)12/h6-7H,5,13H2,1-4H3. The molecule has 0 aromatic carbocycles. The van der Waals surface area contributed by atoms with Gasteiger partial charge >= 0.3 is 0 Å². The Morgan fingerprint density at radius 2 is 2.00 bits per heavy atom. The van der Waals surface area contributed by atoms with Crippen LogP contribution in [0, 0.1) is 0 Å². The van der Waals surface area contributed by atoms with Gasteiger partial charge in [0.25, 0.3) is 6.43 Å². The van der Waals surface area contributed by atoms with Gasteiger partial charge in [0.05, 0.1) is 17.9 Å². The Kier molecular flexibility index (Phi) is 3.72. The number of hydrogen-bond acceptors (Lipinski definition) is 3. The van der Waals surface area contributed by atoms with Crippen LogP contribution < -0.4 is 10.6 Å². The first kappa shape index (κ1) is 12.7. The van der Waals surface area contributed by atoms with E-state index in [2.05, 4.69) is 5.10 Å². The second-order valence-electron chi connectivity index (χ2n) is 4.17. The summed E-state index contributed by atoms with van der Waals surface area (Å²) in [5, 5.41) is 4.24. The predicted molar refractivity (Wildman–Crippen MR) is 61.0 cm³/mol. The first-order chi connectivity index (χ1) is 7.34. The van der Waals surface area contributed by atoms with Crippen LogP contribution in [-0.4, -0.2) is 29.8 Å². The van der Waals surface area contributed by atoms with Crippen molar-refractivity contribution in [3.05, 3.63) is 5.69 Å². The molecule has 0 atom stereocenters. The molecule has 0 saturated heterocycles. The Hall–Kier alpha value is -1.33. The lowest BCUT2D eigenvalue weighted by atomic mass is 10.1. The van der Waals surface area contributed by atoms with Gasteiger partial charge in [-0.05, 0) is 5.92 Å². The first-order valence-electron chi connectivity index (χ1n) is 5.16. The topological polar surface area (TPSA) is 47.1 Å². The Morgan fingerprint density at radius 3 is 2.38 bits per heavy atom. The second-order valence-corrected chi connectivity index (χ2v) is 4.17. The number of hydrogen-bond donors (Lipinski definition) is 1. The number of nitrogen functional groups attached to an aromatic ring is 1. The molecule has 0 bridgehead atoms. The minimum absolute atomic E-state index is 0.180. The summed E-state index contributed by atoms with van der Waals surface area (Å²) in [5.74, 6) is 0.726. The summed E-state index contributed by atoms with van der Waals surface area (Å²) in [7, 11) is 3.29. The molecule has 0 spiro atoms. The second kappa shape index (κ2) is 4.67. The van der Waals surface area contributed by atoms with E-state index in [-0.39, 0.29) is 12.5 Å². The van der Waals surface area contributed by atoms with Gasteiger partial charge in [0.15, 0.2) is 0 Å². The number of anilines is 2. The summed E-state index contributed by atoms with van der Waals surface area (Å²) in [5.41, 5.74) is 7.15. The number of rotatable bonds is 4. The molecule has 0 radical (unpaired) electrons. The van der Waals surface area contributed by atoms with Crippen LogP contribution in [0.25, 0.3) is 0 Å². The highest BCUT2D eigenvalue weighted by molar-refractivity contribution is 5.66. The van der Waals surface area contributed by atoms with E-state index in [0.29, 0.717) is 11.5 Å². The average molecular weight is 232 g/mol. The predicted octanol–water partition coefficient (Wildman–Crippen LogP) is 1.83. The highest BCUT2D eigenvalue weighted by Crippen LogP contribution is 2.30. The number of aromatic nitrogens is 2. The molecule has 0 amide bonds. The van der Waals surface area contributed by atoms with Crippen molar-refractivity contribution in [1.82, 2.24) is 9.78 Å². The fourth-order valence-electron chi connectivity index (χ4n) is 1.72. The van der Waals surface area contributed by atoms with Crippen LogP contribution in [-0.2, 0) is 7.05 Å². The zero-order valence-corrected chi connectivity index (χ0v) is 10.0. The number of nitrogens with two attached hydrogens (primary N) is 1. The van der Waals surface area contributed by atoms with Gasteiger partial charge in [0.1, 0.15) is 5.82 Å². The molecule has 0 aliphatic heterocycles. The fourth-order valence-corrected chi connectivity index (χ4v) is 1.72. The molecule has 0 fully saturated rings. The van der Waals surface area contributed by atoms with Gasteiger partial charge in [-0.3, -0.25) is 4.68 Å². The Bertz CT molecular complexity index is 360. The maximum Gasteiger partial charge on any atom is 0.255 e. The van der Waals surface area contributed by atoms with Crippen molar-refractivity contribution in [2.75, 3.05) is 24.2 Å². The number of aryl methyl sites for hydroxylation is 1. The monoisotopic (exact) mass is 232 g/mol. The summed E-state index contributed by atoms with van der Waals surface area (Å²) in [6.07, 6.45) is -2.39. The third-order valence-electron chi connectivity index (χ3n) is 2.40. The molecule has 92 valence electrons. The third kappa shape index (κ3) is 2.43.